The summed E-state index contributed by atoms with van der Waals surface area (Å²) in [6.45, 7) is 4.11. The number of nitrogens with one attached hydrogen (secondary N) is 1. The lowest BCUT2D eigenvalue weighted by Gasteiger charge is -2.40. The number of carbonyl (C=O) groups excluding carboxylic acids is 2. The molecule has 0 bridgehead atoms. The van der Waals surface area contributed by atoms with Crippen LogP contribution in [0.5, 0.6) is 0 Å². The predicted molar refractivity (Wildman–Crippen MR) is 113 cm³/mol. The molecule has 160 valence electrons. The van der Waals surface area contributed by atoms with Crippen LogP contribution < -0.4 is 5.32 Å². The van der Waals surface area contributed by atoms with Crippen molar-refractivity contribution in [2.45, 2.75) is 45.4 Å². The summed E-state index contributed by atoms with van der Waals surface area (Å²) in [5, 5.41) is 13.0. The summed E-state index contributed by atoms with van der Waals surface area (Å²) in [7, 11) is 0. The van der Waals surface area contributed by atoms with Crippen molar-refractivity contribution in [2.24, 2.45) is 5.92 Å². The number of pyridine rings is 1. The van der Waals surface area contributed by atoms with Gasteiger partial charge in [-0.25, -0.2) is 0 Å². The van der Waals surface area contributed by atoms with Gasteiger partial charge in [-0.3, -0.25) is 14.6 Å². The van der Waals surface area contributed by atoms with Crippen molar-refractivity contribution >= 4 is 17.5 Å². The minimum absolute atomic E-state index is 0.00262. The Kier molecular flexibility index (Phi) is 7.54. The van der Waals surface area contributed by atoms with Gasteiger partial charge < -0.3 is 20.1 Å². The highest BCUT2D eigenvalue weighted by Crippen LogP contribution is 2.31. The number of benzene rings is 1. The summed E-state index contributed by atoms with van der Waals surface area (Å²) in [5.74, 6) is -0.150. The molecule has 2 N–H and O–H groups in total. The molecule has 1 fully saturated rings. The molecule has 0 saturated carbocycles. The second-order valence-corrected chi connectivity index (χ2v) is 7.49. The molecule has 0 aliphatic carbocycles. The third-order valence-electron chi connectivity index (χ3n) is 5.58. The van der Waals surface area contributed by atoms with Crippen LogP contribution in [0.15, 0.2) is 48.8 Å². The zero-order valence-electron chi connectivity index (χ0n) is 17.5. The van der Waals surface area contributed by atoms with Crippen LogP contribution >= 0.6 is 0 Å². The van der Waals surface area contributed by atoms with Crippen molar-refractivity contribution in [3.63, 3.8) is 0 Å². The molecule has 0 radical (unpaired) electrons. The zero-order chi connectivity index (χ0) is 21.5. The van der Waals surface area contributed by atoms with Gasteiger partial charge in [-0.1, -0.05) is 32.0 Å². The molecule has 2 unspecified atom stereocenters. The average molecular weight is 412 g/mol. The number of nitrogens with zero attached hydrogens (tertiary/aromatic N) is 2. The molecular formula is C23H29N3O4. The lowest BCUT2D eigenvalue weighted by Crippen LogP contribution is -2.52. The van der Waals surface area contributed by atoms with E-state index >= 15 is 0 Å². The first-order valence-corrected chi connectivity index (χ1v) is 10.4. The van der Waals surface area contributed by atoms with Crippen LogP contribution in [0.4, 0.5) is 5.69 Å². The topological polar surface area (TPSA) is 91.8 Å². The van der Waals surface area contributed by atoms with Crippen LogP contribution in [0.25, 0.3) is 0 Å². The number of ether oxygens (including phenoxy) is 1. The van der Waals surface area contributed by atoms with E-state index in [-0.39, 0.29) is 30.9 Å². The van der Waals surface area contributed by atoms with E-state index in [9.17, 15) is 14.7 Å². The number of carbonyl (C=O) groups is 2. The van der Waals surface area contributed by atoms with Gasteiger partial charge in [-0.15, -0.1) is 0 Å². The lowest BCUT2D eigenvalue weighted by molar-refractivity contribution is -0.162. The molecule has 1 aliphatic heterocycles. The van der Waals surface area contributed by atoms with Crippen LogP contribution in [0.1, 0.15) is 43.9 Å². The number of aromatic nitrogens is 1. The number of hydrogen-bond donors (Lipinski definition) is 2. The SMILES string of the molecule is CCC(CC)C(=O)Nc1ccc(C2OCC(=O)N(Cc3cccnc3)C2CO)cc1. The molecular weight excluding hydrogens is 382 g/mol. The molecule has 1 saturated heterocycles. The van der Waals surface area contributed by atoms with Crippen LogP contribution in [0.2, 0.25) is 0 Å². The minimum Gasteiger partial charge on any atom is -0.394 e. The highest BCUT2D eigenvalue weighted by Gasteiger charge is 2.37. The summed E-state index contributed by atoms with van der Waals surface area (Å²) in [6.07, 6.45) is 4.54. The Morgan fingerprint density at radius 2 is 2.00 bits per heavy atom. The first kappa shape index (κ1) is 21.9. The van der Waals surface area contributed by atoms with Crippen molar-refractivity contribution in [3.05, 3.63) is 59.9 Å². The fourth-order valence-electron chi connectivity index (χ4n) is 3.77. The highest BCUT2D eigenvalue weighted by atomic mass is 16.5. The monoisotopic (exact) mass is 411 g/mol. The number of anilines is 1. The smallest absolute Gasteiger partial charge is 0.249 e. The van der Waals surface area contributed by atoms with Crippen molar-refractivity contribution in [1.82, 2.24) is 9.88 Å². The lowest BCUT2D eigenvalue weighted by atomic mass is 9.98. The highest BCUT2D eigenvalue weighted by molar-refractivity contribution is 5.92. The van der Waals surface area contributed by atoms with Crippen molar-refractivity contribution in [2.75, 3.05) is 18.5 Å². The molecule has 2 atom stereocenters. The number of rotatable bonds is 8. The molecule has 0 spiro atoms. The molecule has 1 aromatic carbocycles. The van der Waals surface area contributed by atoms with E-state index in [4.69, 9.17) is 4.74 Å². The Morgan fingerprint density at radius 3 is 2.60 bits per heavy atom. The molecule has 1 aromatic heterocycles. The molecule has 7 heteroatoms. The summed E-state index contributed by atoms with van der Waals surface area (Å²) in [5.41, 5.74) is 2.46. The van der Waals surface area contributed by atoms with E-state index < -0.39 is 12.1 Å². The van der Waals surface area contributed by atoms with Crippen LogP contribution in [0.3, 0.4) is 0 Å². The van der Waals surface area contributed by atoms with E-state index in [0.29, 0.717) is 6.54 Å². The van der Waals surface area contributed by atoms with E-state index in [1.807, 2.05) is 50.2 Å². The largest absolute Gasteiger partial charge is 0.394 e. The van der Waals surface area contributed by atoms with E-state index in [0.717, 1.165) is 29.7 Å². The Hall–Kier alpha value is -2.77. The van der Waals surface area contributed by atoms with Gasteiger partial charge >= 0.3 is 0 Å². The normalized spacial score (nSPS) is 19.2. The fourth-order valence-corrected chi connectivity index (χ4v) is 3.77. The number of amides is 2. The fraction of sp³-hybridized carbons (Fsp3) is 0.435. The van der Waals surface area contributed by atoms with Gasteiger partial charge in [0.25, 0.3) is 0 Å². The first-order valence-electron chi connectivity index (χ1n) is 10.4. The molecule has 30 heavy (non-hydrogen) atoms. The maximum atomic E-state index is 12.5. The van der Waals surface area contributed by atoms with E-state index in [2.05, 4.69) is 10.3 Å². The average Bonchev–Trinajstić information content (AvgIpc) is 2.77. The van der Waals surface area contributed by atoms with Crippen LogP contribution in [-0.2, 0) is 20.9 Å². The number of aliphatic hydroxyl groups is 1. The molecule has 2 aromatic rings. The summed E-state index contributed by atoms with van der Waals surface area (Å²) in [6, 6.07) is 10.6. The predicted octanol–water partition coefficient (Wildman–Crippen LogP) is 2.92. The number of aliphatic hydroxyl groups excluding tert-OH is 1. The van der Waals surface area contributed by atoms with Gasteiger partial charge in [0.15, 0.2) is 0 Å². The van der Waals surface area contributed by atoms with Gasteiger partial charge in [-0.05, 0) is 42.2 Å². The summed E-state index contributed by atoms with van der Waals surface area (Å²) >= 11 is 0. The second kappa shape index (κ2) is 10.3. The second-order valence-electron chi connectivity index (χ2n) is 7.49. The van der Waals surface area contributed by atoms with Gasteiger partial charge in [0, 0.05) is 30.5 Å². The zero-order valence-corrected chi connectivity index (χ0v) is 17.5. The molecule has 1 aliphatic rings. The van der Waals surface area contributed by atoms with Crippen molar-refractivity contribution in [1.29, 1.82) is 0 Å². The van der Waals surface area contributed by atoms with Crippen LogP contribution in [-0.4, -0.2) is 46.1 Å². The third-order valence-corrected chi connectivity index (χ3v) is 5.58. The molecule has 2 amide bonds. The maximum Gasteiger partial charge on any atom is 0.249 e. The third kappa shape index (κ3) is 5.04. The molecule has 7 nitrogen and oxygen atoms in total. The summed E-state index contributed by atoms with van der Waals surface area (Å²) in [4.78, 5) is 30.5. The van der Waals surface area contributed by atoms with E-state index in [1.165, 1.54) is 0 Å². The Morgan fingerprint density at radius 1 is 1.27 bits per heavy atom. The quantitative estimate of drug-likeness (QED) is 0.697. The standard InChI is InChI=1S/C23H29N3O4/c1-3-17(4-2)23(29)25-19-9-7-18(8-10-19)22-20(14-27)26(21(28)15-30-22)13-16-6-5-11-24-12-16/h5-12,17,20,22,27H,3-4,13-15H2,1-2H3,(H,25,29). The van der Waals surface area contributed by atoms with Gasteiger partial charge in [-0.2, -0.15) is 0 Å². The van der Waals surface area contributed by atoms with Gasteiger partial charge in [0.1, 0.15) is 12.7 Å². The Labute approximate surface area is 177 Å². The van der Waals surface area contributed by atoms with Gasteiger partial charge in [0.05, 0.1) is 12.6 Å². The van der Waals surface area contributed by atoms with E-state index in [1.54, 1.807) is 17.3 Å². The van der Waals surface area contributed by atoms with Crippen LogP contribution in [0, 0.1) is 5.92 Å². The molecule has 3 rings (SSSR count). The Balaban J connectivity index is 1.74. The van der Waals surface area contributed by atoms with Crippen molar-refractivity contribution in [3.8, 4) is 0 Å². The summed E-state index contributed by atoms with van der Waals surface area (Å²) < 4.78 is 5.79. The minimum atomic E-state index is -0.503. The maximum absolute atomic E-state index is 12.5. The number of hydrogen-bond acceptors (Lipinski definition) is 5. The first-order chi connectivity index (χ1) is 14.6. The van der Waals surface area contributed by atoms with Gasteiger partial charge in [0.2, 0.25) is 11.8 Å². The molecule has 2 heterocycles. The number of morpholine rings is 1. The van der Waals surface area contributed by atoms with Crippen molar-refractivity contribution < 1.29 is 19.4 Å². The Bertz CT molecular complexity index is 837.